The van der Waals surface area contributed by atoms with E-state index in [1.54, 1.807) is 24.5 Å². The summed E-state index contributed by atoms with van der Waals surface area (Å²) in [6, 6.07) is 7.14. The van der Waals surface area contributed by atoms with Crippen LogP contribution in [0.3, 0.4) is 0 Å². The Morgan fingerprint density at radius 2 is 2.15 bits per heavy atom. The van der Waals surface area contributed by atoms with Crippen LogP contribution in [0.1, 0.15) is 29.4 Å². The molecular formula is C14H17N5O. The summed E-state index contributed by atoms with van der Waals surface area (Å²) in [5.41, 5.74) is 1.24. The molecule has 2 N–H and O–H groups in total. The van der Waals surface area contributed by atoms with Crippen molar-refractivity contribution in [3.8, 4) is 0 Å². The molecule has 0 saturated carbocycles. The number of nitrogens with one attached hydrogen (secondary N) is 2. The zero-order valence-electron chi connectivity index (χ0n) is 11.3. The highest BCUT2D eigenvalue weighted by atomic mass is 16.1. The molecule has 0 unspecified atom stereocenters. The number of aromatic nitrogens is 3. The zero-order valence-corrected chi connectivity index (χ0v) is 11.3. The lowest BCUT2D eigenvalue weighted by Gasteiger charge is -2.05. The summed E-state index contributed by atoms with van der Waals surface area (Å²) in [7, 11) is 0. The smallest absolute Gasteiger partial charge is 0.272 e. The van der Waals surface area contributed by atoms with Crippen molar-refractivity contribution in [1.82, 2.24) is 20.5 Å². The normalized spacial score (nSPS) is 10.1. The number of carbonyl (C=O) groups excluding carboxylic acids is 1. The SMILES string of the molecule is CCCNc1ccc(C(=O)NCc2cccnc2)nn1. The molecule has 2 heterocycles. The summed E-state index contributed by atoms with van der Waals surface area (Å²) in [5.74, 6) is 0.430. The average Bonchev–Trinajstić information content (AvgIpc) is 2.52. The minimum absolute atomic E-state index is 0.247. The first-order valence-corrected chi connectivity index (χ1v) is 6.54. The number of hydrogen-bond donors (Lipinski definition) is 2. The molecule has 0 aliphatic rings. The Morgan fingerprint density at radius 3 is 2.80 bits per heavy atom. The number of hydrogen-bond acceptors (Lipinski definition) is 5. The van der Waals surface area contributed by atoms with Crippen LogP contribution in [0.15, 0.2) is 36.7 Å². The highest BCUT2D eigenvalue weighted by Crippen LogP contribution is 2.02. The van der Waals surface area contributed by atoms with E-state index in [2.05, 4.69) is 32.7 Å². The van der Waals surface area contributed by atoms with Crippen molar-refractivity contribution < 1.29 is 4.79 Å². The van der Waals surface area contributed by atoms with Crippen LogP contribution < -0.4 is 10.6 Å². The predicted molar refractivity (Wildman–Crippen MR) is 76.2 cm³/mol. The Balaban J connectivity index is 1.89. The fourth-order valence-corrected chi connectivity index (χ4v) is 1.58. The van der Waals surface area contributed by atoms with Gasteiger partial charge in [-0.05, 0) is 30.2 Å². The quantitative estimate of drug-likeness (QED) is 0.834. The molecule has 1 amide bonds. The van der Waals surface area contributed by atoms with Gasteiger partial charge in [0.05, 0.1) is 0 Å². The summed E-state index contributed by atoms with van der Waals surface area (Å²) in [4.78, 5) is 15.9. The Labute approximate surface area is 117 Å². The van der Waals surface area contributed by atoms with Gasteiger partial charge in [-0.3, -0.25) is 9.78 Å². The van der Waals surface area contributed by atoms with E-state index in [1.165, 1.54) is 0 Å². The summed E-state index contributed by atoms with van der Waals surface area (Å²) >= 11 is 0. The van der Waals surface area contributed by atoms with E-state index in [-0.39, 0.29) is 5.91 Å². The predicted octanol–water partition coefficient (Wildman–Crippen LogP) is 1.62. The highest BCUT2D eigenvalue weighted by molar-refractivity contribution is 5.92. The molecular weight excluding hydrogens is 254 g/mol. The first kappa shape index (κ1) is 13.9. The monoisotopic (exact) mass is 271 g/mol. The fraction of sp³-hybridized carbons (Fsp3) is 0.286. The lowest BCUT2D eigenvalue weighted by Crippen LogP contribution is -2.24. The van der Waals surface area contributed by atoms with Crippen molar-refractivity contribution in [1.29, 1.82) is 0 Å². The number of amides is 1. The molecule has 0 saturated heterocycles. The number of pyridine rings is 1. The summed E-state index contributed by atoms with van der Waals surface area (Å²) < 4.78 is 0. The van der Waals surface area contributed by atoms with Gasteiger partial charge in [-0.1, -0.05) is 13.0 Å². The molecule has 0 atom stereocenters. The molecule has 6 nitrogen and oxygen atoms in total. The molecule has 20 heavy (non-hydrogen) atoms. The minimum Gasteiger partial charge on any atom is -0.369 e. The Kier molecular flexibility index (Phi) is 5.00. The van der Waals surface area contributed by atoms with E-state index in [9.17, 15) is 4.79 Å². The minimum atomic E-state index is -0.247. The van der Waals surface area contributed by atoms with Gasteiger partial charge >= 0.3 is 0 Å². The molecule has 0 aromatic carbocycles. The van der Waals surface area contributed by atoms with Gasteiger partial charge in [0.15, 0.2) is 5.69 Å². The van der Waals surface area contributed by atoms with Crippen molar-refractivity contribution in [3.05, 3.63) is 47.9 Å². The van der Waals surface area contributed by atoms with Gasteiger partial charge < -0.3 is 10.6 Å². The summed E-state index contributed by atoms with van der Waals surface area (Å²) in [5, 5.41) is 13.7. The van der Waals surface area contributed by atoms with Crippen LogP contribution >= 0.6 is 0 Å². The van der Waals surface area contributed by atoms with Crippen molar-refractivity contribution in [2.24, 2.45) is 0 Å². The second-order valence-corrected chi connectivity index (χ2v) is 4.27. The fourth-order valence-electron chi connectivity index (χ4n) is 1.58. The van der Waals surface area contributed by atoms with Gasteiger partial charge in [0, 0.05) is 25.5 Å². The van der Waals surface area contributed by atoms with Gasteiger partial charge in [-0.2, -0.15) is 0 Å². The summed E-state index contributed by atoms with van der Waals surface area (Å²) in [6.45, 7) is 3.33. The van der Waals surface area contributed by atoms with Gasteiger partial charge in [-0.25, -0.2) is 0 Å². The maximum absolute atomic E-state index is 11.9. The van der Waals surface area contributed by atoms with Crippen LogP contribution in [0.25, 0.3) is 0 Å². The summed E-state index contributed by atoms with van der Waals surface area (Å²) in [6.07, 6.45) is 4.41. The van der Waals surface area contributed by atoms with E-state index in [0.29, 0.717) is 18.1 Å². The molecule has 104 valence electrons. The molecule has 0 bridgehead atoms. The Bertz CT molecular complexity index is 541. The van der Waals surface area contributed by atoms with E-state index < -0.39 is 0 Å². The molecule has 0 spiro atoms. The molecule has 0 radical (unpaired) electrons. The van der Waals surface area contributed by atoms with Gasteiger partial charge in [0.2, 0.25) is 0 Å². The third-order valence-corrected chi connectivity index (χ3v) is 2.63. The Morgan fingerprint density at radius 1 is 1.25 bits per heavy atom. The average molecular weight is 271 g/mol. The van der Waals surface area contributed by atoms with Crippen LogP contribution in [-0.4, -0.2) is 27.6 Å². The first-order valence-electron chi connectivity index (χ1n) is 6.54. The number of carbonyl (C=O) groups is 1. The third-order valence-electron chi connectivity index (χ3n) is 2.63. The van der Waals surface area contributed by atoms with Crippen LogP contribution in [-0.2, 0) is 6.54 Å². The van der Waals surface area contributed by atoms with Crippen LogP contribution in [0.4, 0.5) is 5.82 Å². The van der Waals surface area contributed by atoms with Crippen LogP contribution in [0, 0.1) is 0 Å². The van der Waals surface area contributed by atoms with E-state index in [1.807, 2.05) is 12.1 Å². The van der Waals surface area contributed by atoms with Crippen molar-refractivity contribution in [2.75, 3.05) is 11.9 Å². The lowest BCUT2D eigenvalue weighted by atomic mass is 10.3. The number of anilines is 1. The third kappa shape index (κ3) is 4.01. The van der Waals surface area contributed by atoms with E-state index in [4.69, 9.17) is 0 Å². The molecule has 0 aliphatic carbocycles. The topological polar surface area (TPSA) is 79.8 Å². The van der Waals surface area contributed by atoms with E-state index >= 15 is 0 Å². The molecule has 2 rings (SSSR count). The van der Waals surface area contributed by atoms with Crippen LogP contribution in [0.5, 0.6) is 0 Å². The maximum atomic E-state index is 11.9. The van der Waals surface area contributed by atoms with Crippen LogP contribution in [0.2, 0.25) is 0 Å². The zero-order chi connectivity index (χ0) is 14.2. The molecule has 0 fully saturated rings. The molecule has 2 aromatic heterocycles. The maximum Gasteiger partial charge on any atom is 0.272 e. The molecule has 6 heteroatoms. The second-order valence-electron chi connectivity index (χ2n) is 4.27. The Hall–Kier alpha value is -2.50. The largest absolute Gasteiger partial charge is 0.369 e. The lowest BCUT2D eigenvalue weighted by molar-refractivity contribution is 0.0945. The van der Waals surface area contributed by atoms with Crippen molar-refractivity contribution >= 4 is 11.7 Å². The first-order chi connectivity index (χ1) is 9.79. The van der Waals surface area contributed by atoms with Gasteiger partial charge in [-0.15, -0.1) is 10.2 Å². The number of nitrogens with zero attached hydrogens (tertiary/aromatic N) is 3. The standard InChI is InChI=1S/C14H17N5O/c1-2-7-16-13-6-5-12(18-19-13)14(20)17-10-11-4-3-8-15-9-11/h3-6,8-9H,2,7,10H2,1H3,(H,16,19)(H,17,20). The number of rotatable bonds is 6. The molecule has 0 aliphatic heterocycles. The highest BCUT2D eigenvalue weighted by Gasteiger charge is 2.07. The molecule has 2 aromatic rings. The van der Waals surface area contributed by atoms with Crippen molar-refractivity contribution in [2.45, 2.75) is 19.9 Å². The van der Waals surface area contributed by atoms with Crippen molar-refractivity contribution in [3.63, 3.8) is 0 Å². The van der Waals surface area contributed by atoms with Gasteiger partial charge in [0.1, 0.15) is 5.82 Å². The van der Waals surface area contributed by atoms with Gasteiger partial charge in [0.25, 0.3) is 5.91 Å². The second kappa shape index (κ2) is 7.18. The van der Waals surface area contributed by atoms with E-state index in [0.717, 1.165) is 18.5 Å².